The third-order valence-electron chi connectivity index (χ3n) is 3.17. The highest BCUT2D eigenvalue weighted by atomic mass is 16.6. The van der Waals surface area contributed by atoms with E-state index in [0.29, 0.717) is 0 Å². The maximum atomic E-state index is 11.7. The van der Waals surface area contributed by atoms with Crippen LogP contribution in [0.15, 0.2) is 29.7 Å². The summed E-state index contributed by atoms with van der Waals surface area (Å²) in [5.41, 5.74) is 3.11. The van der Waals surface area contributed by atoms with Crippen molar-refractivity contribution >= 4 is 5.82 Å². The lowest BCUT2D eigenvalue weighted by Crippen LogP contribution is -2.44. The second kappa shape index (κ2) is 4.74. The summed E-state index contributed by atoms with van der Waals surface area (Å²) in [5, 5.41) is 29.2. The van der Waals surface area contributed by atoms with Gasteiger partial charge in [0.2, 0.25) is 0 Å². The minimum Gasteiger partial charge on any atom is -0.393 e. The second-order valence-corrected chi connectivity index (χ2v) is 4.30. The van der Waals surface area contributed by atoms with Gasteiger partial charge in [-0.3, -0.25) is 4.57 Å². The number of nitrogen functional groups attached to an aromatic ring is 1. The van der Waals surface area contributed by atoms with E-state index in [2.05, 4.69) is 11.6 Å². The van der Waals surface area contributed by atoms with E-state index < -0.39 is 36.3 Å². The highest BCUT2D eigenvalue weighted by Gasteiger charge is 2.53. The number of ether oxygens (including phenoxy) is 1. The van der Waals surface area contributed by atoms with Crippen molar-refractivity contribution in [3.8, 4) is 0 Å². The van der Waals surface area contributed by atoms with E-state index in [0.717, 1.165) is 4.57 Å². The normalized spacial score (nSPS) is 34.4. The van der Waals surface area contributed by atoms with Crippen LogP contribution in [0.1, 0.15) is 6.23 Å². The molecular formula is C11H15N3O5. The highest BCUT2D eigenvalue weighted by Crippen LogP contribution is 2.37. The molecule has 104 valence electrons. The van der Waals surface area contributed by atoms with Gasteiger partial charge in [0.1, 0.15) is 23.6 Å². The molecule has 0 saturated carbocycles. The van der Waals surface area contributed by atoms with E-state index in [-0.39, 0.29) is 5.82 Å². The van der Waals surface area contributed by atoms with Crippen molar-refractivity contribution in [3.05, 3.63) is 35.4 Å². The molecular weight excluding hydrogens is 254 g/mol. The van der Waals surface area contributed by atoms with Crippen molar-refractivity contribution in [2.75, 3.05) is 12.3 Å². The Bertz CT molecular complexity index is 545. The highest BCUT2D eigenvalue weighted by molar-refractivity contribution is 5.24. The zero-order valence-corrected chi connectivity index (χ0v) is 10.0. The van der Waals surface area contributed by atoms with Gasteiger partial charge in [0.05, 0.1) is 6.61 Å². The van der Waals surface area contributed by atoms with Crippen LogP contribution in [0.3, 0.4) is 0 Å². The fourth-order valence-electron chi connectivity index (χ4n) is 2.01. The Morgan fingerprint density at radius 2 is 2.32 bits per heavy atom. The number of nitrogens with zero attached hydrogens (tertiary/aromatic N) is 2. The molecule has 0 aliphatic carbocycles. The average Bonchev–Trinajstić information content (AvgIpc) is 2.64. The summed E-state index contributed by atoms with van der Waals surface area (Å²) in [6, 6.07) is 1.36. The molecule has 1 aromatic heterocycles. The van der Waals surface area contributed by atoms with E-state index in [1.165, 1.54) is 18.3 Å². The van der Waals surface area contributed by atoms with Gasteiger partial charge in [-0.05, 0) is 6.07 Å². The van der Waals surface area contributed by atoms with Gasteiger partial charge in [-0.25, -0.2) is 4.79 Å². The van der Waals surface area contributed by atoms with Gasteiger partial charge in [-0.2, -0.15) is 4.98 Å². The smallest absolute Gasteiger partial charge is 0.351 e. The lowest BCUT2D eigenvalue weighted by Gasteiger charge is -2.25. The Kier molecular flexibility index (Phi) is 3.42. The second-order valence-electron chi connectivity index (χ2n) is 4.30. The number of aromatic nitrogens is 2. The lowest BCUT2D eigenvalue weighted by atomic mass is 9.96. The van der Waals surface area contributed by atoms with Crippen LogP contribution >= 0.6 is 0 Å². The molecule has 3 unspecified atom stereocenters. The molecule has 0 spiro atoms. The molecule has 2 rings (SSSR count). The van der Waals surface area contributed by atoms with Crippen molar-refractivity contribution in [2.24, 2.45) is 0 Å². The number of aliphatic hydroxyl groups is 3. The molecule has 2 heterocycles. The monoisotopic (exact) mass is 269 g/mol. The quantitative estimate of drug-likeness (QED) is 0.466. The zero-order chi connectivity index (χ0) is 14.2. The van der Waals surface area contributed by atoms with Crippen LogP contribution in [-0.2, 0) is 4.74 Å². The molecule has 1 saturated heterocycles. The number of aliphatic hydroxyl groups excluding tert-OH is 3. The lowest BCUT2D eigenvalue weighted by molar-refractivity contribution is -0.0992. The fraction of sp³-hybridized carbons (Fsp3) is 0.455. The van der Waals surface area contributed by atoms with Crippen LogP contribution in [0.4, 0.5) is 5.82 Å². The Hall–Kier alpha value is -1.74. The first-order valence-electron chi connectivity index (χ1n) is 5.58. The van der Waals surface area contributed by atoms with Crippen LogP contribution in [0, 0.1) is 0 Å². The summed E-state index contributed by atoms with van der Waals surface area (Å²) in [6.45, 7) is 2.88. The van der Waals surface area contributed by atoms with Crippen LogP contribution in [0.5, 0.6) is 0 Å². The average molecular weight is 269 g/mol. The predicted molar refractivity (Wildman–Crippen MR) is 65.1 cm³/mol. The number of hydrogen-bond acceptors (Lipinski definition) is 7. The molecule has 8 nitrogen and oxygen atoms in total. The van der Waals surface area contributed by atoms with Crippen molar-refractivity contribution in [1.29, 1.82) is 0 Å². The van der Waals surface area contributed by atoms with E-state index in [1.807, 2.05) is 0 Å². The zero-order valence-electron chi connectivity index (χ0n) is 10.0. The number of anilines is 1. The van der Waals surface area contributed by atoms with Crippen molar-refractivity contribution in [3.63, 3.8) is 0 Å². The van der Waals surface area contributed by atoms with Gasteiger partial charge < -0.3 is 25.8 Å². The molecule has 0 bridgehead atoms. The third-order valence-corrected chi connectivity index (χ3v) is 3.17. The summed E-state index contributed by atoms with van der Waals surface area (Å²) in [6.07, 6.45) is -1.52. The molecule has 0 amide bonds. The van der Waals surface area contributed by atoms with Gasteiger partial charge in [0, 0.05) is 6.20 Å². The Morgan fingerprint density at radius 3 is 2.79 bits per heavy atom. The summed E-state index contributed by atoms with van der Waals surface area (Å²) >= 11 is 0. The van der Waals surface area contributed by atoms with Crippen LogP contribution < -0.4 is 11.4 Å². The molecule has 1 fully saturated rings. The fourth-order valence-corrected chi connectivity index (χ4v) is 2.01. The van der Waals surface area contributed by atoms with Crippen LogP contribution in [0.2, 0.25) is 0 Å². The Morgan fingerprint density at radius 1 is 1.63 bits per heavy atom. The van der Waals surface area contributed by atoms with Crippen molar-refractivity contribution in [1.82, 2.24) is 9.55 Å². The number of nitrogens with two attached hydrogens (primary N) is 1. The van der Waals surface area contributed by atoms with E-state index in [1.54, 1.807) is 0 Å². The standard InChI is InChI=1S/C11H15N3O5/c1-2-11(5-15)8(17)7(16)9(19-11)14-4-3-6(12)13-10(14)18/h2-4,7-9,15-17H,1,5H2,(H2,12,13,18)/t7?,8?,9?,11-/m1/s1. The molecule has 1 aromatic rings. The van der Waals surface area contributed by atoms with Gasteiger partial charge in [0.15, 0.2) is 6.23 Å². The largest absolute Gasteiger partial charge is 0.393 e. The minimum absolute atomic E-state index is 0.0337. The predicted octanol–water partition coefficient (Wildman–Crippen LogP) is -2.01. The summed E-state index contributed by atoms with van der Waals surface area (Å²) < 4.78 is 6.38. The van der Waals surface area contributed by atoms with Crippen molar-refractivity contribution in [2.45, 2.75) is 24.0 Å². The van der Waals surface area contributed by atoms with Gasteiger partial charge in [-0.15, -0.1) is 6.58 Å². The Labute approximate surface area is 108 Å². The molecule has 19 heavy (non-hydrogen) atoms. The maximum absolute atomic E-state index is 11.7. The first kappa shape index (κ1) is 13.7. The molecule has 5 N–H and O–H groups in total. The van der Waals surface area contributed by atoms with Gasteiger partial charge in [-0.1, -0.05) is 6.08 Å². The summed E-state index contributed by atoms with van der Waals surface area (Å²) in [7, 11) is 0. The molecule has 4 atom stereocenters. The molecule has 1 aliphatic heterocycles. The molecule has 8 heteroatoms. The van der Waals surface area contributed by atoms with Gasteiger partial charge in [0.25, 0.3) is 0 Å². The summed E-state index contributed by atoms with van der Waals surface area (Å²) in [4.78, 5) is 15.2. The molecule has 1 aliphatic rings. The first-order valence-corrected chi connectivity index (χ1v) is 5.58. The molecule has 0 radical (unpaired) electrons. The van der Waals surface area contributed by atoms with E-state index in [4.69, 9.17) is 10.5 Å². The number of hydrogen-bond donors (Lipinski definition) is 4. The van der Waals surface area contributed by atoms with Gasteiger partial charge >= 0.3 is 5.69 Å². The minimum atomic E-state index is -1.52. The topological polar surface area (TPSA) is 131 Å². The first-order chi connectivity index (χ1) is 8.95. The molecule has 0 aromatic carbocycles. The Balaban J connectivity index is 2.42. The maximum Gasteiger partial charge on any atom is 0.351 e. The van der Waals surface area contributed by atoms with Crippen LogP contribution in [0.25, 0.3) is 0 Å². The summed E-state index contributed by atoms with van der Waals surface area (Å²) in [5.74, 6) is 0.0337. The third kappa shape index (κ3) is 2.04. The SMILES string of the molecule is C=C[C@]1(CO)OC(n2ccc(N)nc2=O)C(O)C1O. The van der Waals surface area contributed by atoms with Crippen molar-refractivity contribution < 1.29 is 20.1 Å². The van der Waals surface area contributed by atoms with E-state index >= 15 is 0 Å². The van der Waals surface area contributed by atoms with E-state index in [9.17, 15) is 20.1 Å². The van der Waals surface area contributed by atoms with Crippen LogP contribution in [-0.4, -0.2) is 49.3 Å². The number of rotatable bonds is 3.